The largest absolute Gasteiger partial charge is 0.310 e. The van der Waals surface area contributed by atoms with Crippen LogP contribution in [0.25, 0.3) is 0 Å². The van der Waals surface area contributed by atoms with Gasteiger partial charge in [-0.05, 0) is 38.9 Å². The molecule has 1 rings (SSSR count). The fraction of sp³-hybridized carbons (Fsp3) is 0.643. The Kier molecular flexibility index (Phi) is 6.16. The van der Waals surface area contributed by atoms with E-state index in [4.69, 9.17) is 0 Å². The quantitative estimate of drug-likeness (QED) is 0.734. The molecule has 0 amide bonds. The maximum atomic E-state index is 4.37. The van der Waals surface area contributed by atoms with Crippen molar-refractivity contribution in [3.8, 4) is 0 Å². The molecule has 0 bridgehead atoms. The first kappa shape index (κ1) is 14.1. The zero-order valence-corrected chi connectivity index (χ0v) is 11.5. The standard InChI is InChI=1S/C14H25N3/c1-5-13(3)17(4)9-8-15-11-14-7-6-12(2)10-16-14/h6-7,10,13,15H,5,8-9,11H2,1-4H3. The number of nitrogens with one attached hydrogen (secondary N) is 1. The van der Waals surface area contributed by atoms with Crippen LogP contribution < -0.4 is 5.32 Å². The molecule has 3 heteroatoms. The van der Waals surface area contributed by atoms with Gasteiger partial charge in [-0.2, -0.15) is 0 Å². The molecule has 0 aromatic carbocycles. The van der Waals surface area contributed by atoms with Crippen LogP contribution in [0.15, 0.2) is 18.3 Å². The minimum atomic E-state index is 0.661. The first-order valence-corrected chi connectivity index (χ1v) is 6.46. The highest BCUT2D eigenvalue weighted by Gasteiger charge is 2.05. The number of likely N-dealkylation sites (N-methyl/N-ethyl adjacent to an activating group) is 1. The van der Waals surface area contributed by atoms with Gasteiger partial charge in [0.05, 0.1) is 5.69 Å². The summed E-state index contributed by atoms with van der Waals surface area (Å²) in [5.74, 6) is 0. The molecule has 0 aliphatic heterocycles. The van der Waals surface area contributed by atoms with Crippen LogP contribution in [0.3, 0.4) is 0 Å². The molecule has 1 heterocycles. The molecule has 1 aromatic heterocycles. The summed E-state index contributed by atoms with van der Waals surface area (Å²) in [5.41, 5.74) is 2.33. The highest BCUT2D eigenvalue weighted by Crippen LogP contribution is 1.99. The van der Waals surface area contributed by atoms with Gasteiger partial charge in [-0.25, -0.2) is 0 Å². The second-order valence-electron chi connectivity index (χ2n) is 4.74. The summed E-state index contributed by atoms with van der Waals surface area (Å²) in [6, 6.07) is 4.85. The van der Waals surface area contributed by atoms with Gasteiger partial charge >= 0.3 is 0 Å². The van der Waals surface area contributed by atoms with Gasteiger partial charge in [0.15, 0.2) is 0 Å². The molecule has 0 saturated carbocycles. The van der Waals surface area contributed by atoms with E-state index in [9.17, 15) is 0 Å². The van der Waals surface area contributed by atoms with Gasteiger partial charge in [-0.15, -0.1) is 0 Å². The predicted octanol–water partition coefficient (Wildman–Crippen LogP) is 2.21. The number of pyridine rings is 1. The Morgan fingerprint density at radius 3 is 2.76 bits per heavy atom. The second kappa shape index (κ2) is 7.41. The molecule has 1 N–H and O–H groups in total. The molecule has 17 heavy (non-hydrogen) atoms. The lowest BCUT2D eigenvalue weighted by atomic mass is 10.2. The maximum Gasteiger partial charge on any atom is 0.0541 e. The third kappa shape index (κ3) is 5.29. The number of hydrogen-bond acceptors (Lipinski definition) is 3. The van der Waals surface area contributed by atoms with Gasteiger partial charge in [0, 0.05) is 31.9 Å². The van der Waals surface area contributed by atoms with Crippen LogP contribution in [0.4, 0.5) is 0 Å². The SMILES string of the molecule is CCC(C)N(C)CCNCc1ccc(C)cn1. The Morgan fingerprint density at radius 2 is 2.18 bits per heavy atom. The van der Waals surface area contributed by atoms with E-state index in [-0.39, 0.29) is 0 Å². The Bertz CT molecular complexity index is 308. The van der Waals surface area contributed by atoms with Crippen molar-refractivity contribution in [2.45, 2.75) is 39.8 Å². The monoisotopic (exact) mass is 235 g/mol. The molecule has 96 valence electrons. The number of hydrogen-bond donors (Lipinski definition) is 1. The fourth-order valence-electron chi connectivity index (χ4n) is 1.61. The van der Waals surface area contributed by atoms with E-state index >= 15 is 0 Å². The van der Waals surface area contributed by atoms with Crippen LogP contribution in [0, 0.1) is 6.92 Å². The van der Waals surface area contributed by atoms with Crippen molar-refractivity contribution >= 4 is 0 Å². The molecular weight excluding hydrogens is 210 g/mol. The molecule has 0 spiro atoms. The lowest BCUT2D eigenvalue weighted by molar-refractivity contribution is 0.251. The van der Waals surface area contributed by atoms with E-state index < -0.39 is 0 Å². The molecule has 1 aromatic rings. The molecular formula is C14H25N3. The summed E-state index contributed by atoms with van der Waals surface area (Å²) in [7, 11) is 2.18. The lowest BCUT2D eigenvalue weighted by Crippen LogP contribution is -2.34. The zero-order valence-electron chi connectivity index (χ0n) is 11.5. The van der Waals surface area contributed by atoms with E-state index in [2.05, 4.69) is 55.2 Å². The van der Waals surface area contributed by atoms with E-state index in [1.165, 1.54) is 12.0 Å². The zero-order chi connectivity index (χ0) is 12.7. The normalized spacial score (nSPS) is 13.0. The Morgan fingerprint density at radius 1 is 1.41 bits per heavy atom. The van der Waals surface area contributed by atoms with Gasteiger partial charge in [0.25, 0.3) is 0 Å². The topological polar surface area (TPSA) is 28.2 Å². The van der Waals surface area contributed by atoms with Crippen molar-refractivity contribution in [3.63, 3.8) is 0 Å². The van der Waals surface area contributed by atoms with Crippen molar-refractivity contribution in [1.29, 1.82) is 0 Å². The highest BCUT2D eigenvalue weighted by atomic mass is 15.1. The number of aryl methyl sites for hydroxylation is 1. The number of aromatic nitrogens is 1. The molecule has 0 aliphatic carbocycles. The smallest absolute Gasteiger partial charge is 0.0541 e. The molecule has 1 atom stereocenters. The van der Waals surface area contributed by atoms with Gasteiger partial charge < -0.3 is 10.2 Å². The summed E-state index contributed by atoms with van der Waals surface area (Å²) in [5, 5.41) is 3.43. The van der Waals surface area contributed by atoms with Crippen LogP contribution >= 0.6 is 0 Å². The summed E-state index contributed by atoms with van der Waals surface area (Å²) >= 11 is 0. The summed E-state index contributed by atoms with van der Waals surface area (Å²) < 4.78 is 0. The van der Waals surface area contributed by atoms with Gasteiger partial charge in [0.1, 0.15) is 0 Å². The van der Waals surface area contributed by atoms with Crippen LogP contribution in [0.1, 0.15) is 31.5 Å². The Labute approximate surface area is 105 Å². The molecule has 0 saturated heterocycles. The lowest BCUT2D eigenvalue weighted by Gasteiger charge is -2.23. The summed E-state index contributed by atoms with van der Waals surface area (Å²) in [4.78, 5) is 6.75. The Balaban J connectivity index is 2.18. The van der Waals surface area contributed by atoms with Crippen LogP contribution in [0.2, 0.25) is 0 Å². The van der Waals surface area contributed by atoms with Crippen LogP contribution in [-0.4, -0.2) is 36.1 Å². The summed E-state index contributed by atoms with van der Waals surface area (Å²) in [6.07, 6.45) is 3.12. The van der Waals surface area contributed by atoms with Crippen molar-refractivity contribution in [1.82, 2.24) is 15.2 Å². The molecule has 0 fully saturated rings. The number of nitrogens with zero attached hydrogens (tertiary/aromatic N) is 2. The van der Waals surface area contributed by atoms with E-state index in [0.29, 0.717) is 6.04 Å². The van der Waals surface area contributed by atoms with Gasteiger partial charge in [-0.3, -0.25) is 4.98 Å². The van der Waals surface area contributed by atoms with Crippen LogP contribution in [0.5, 0.6) is 0 Å². The van der Waals surface area contributed by atoms with Crippen molar-refractivity contribution in [2.75, 3.05) is 20.1 Å². The average Bonchev–Trinajstić information content (AvgIpc) is 2.35. The maximum absolute atomic E-state index is 4.37. The van der Waals surface area contributed by atoms with E-state index in [1.807, 2.05) is 6.20 Å². The van der Waals surface area contributed by atoms with Crippen molar-refractivity contribution in [2.24, 2.45) is 0 Å². The fourth-order valence-corrected chi connectivity index (χ4v) is 1.61. The van der Waals surface area contributed by atoms with E-state index in [0.717, 1.165) is 25.3 Å². The third-order valence-corrected chi connectivity index (χ3v) is 3.26. The molecule has 3 nitrogen and oxygen atoms in total. The minimum absolute atomic E-state index is 0.661. The van der Waals surface area contributed by atoms with Gasteiger partial charge in [-0.1, -0.05) is 13.0 Å². The molecule has 1 unspecified atom stereocenters. The van der Waals surface area contributed by atoms with Crippen molar-refractivity contribution < 1.29 is 0 Å². The molecule has 0 radical (unpaired) electrons. The van der Waals surface area contributed by atoms with Crippen molar-refractivity contribution in [3.05, 3.63) is 29.6 Å². The second-order valence-corrected chi connectivity index (χ2v) is 4.74. The predicted molar refractivity (Wildman–Crippen MR) is 73.1 cm³/mol. The third-order valence-electron chi connectivity index (χ3n) is 3.26. The first-order chi connectivity index (χ1) is 8.13. The first-order valence-electron chi connectivity index (χ1n) is 6.46. The number of rotatable bonds is 7. The Hall–Kier alpha value is -0.930. The van der Waals surface area contributed by atoms with Gasteiger partial charge in [0.2, 0.25) is 0 Å². The molecule has 0 aliphatic rings. The van der Waals surface area contributed by atoms with Crippen LogP contribution in [-0.2, 0) is 6.54 Å². The average molecular weight is 235 g/mol. The highest BCUT2D eigenvalue weighted by molar-refractivity contribution is 5.11. The van der Waals surface area contributed by atoms with E-state index in [1.54, 1.807) is 0 Å². The summed E-state index contributed by atoms with van der Waals surface area (Å²) in [6.45, 7) is 9.50. The minimum Gasteiger partial charge on any atom is -0.310 e.